The molecular weight excluding hydrogens is 580 g/mol. The lowest BCUT2D eigenvalue weighted by Crippen LogP contribution is -2.34. The molecule has 4 rings (SSSR count). The van der Waals surface area contributed by atoms with Gasteiger partial charge in [0.2, 0.25) is 11.8 Å². The molecule has 0 unspecified atom stereocenters. The maximum atomic E-state index is 12.6. The van der Waals surface area contributed by atoms with Gasteiger partial charge in [-0.2, -0.15) is 12.6 Å². The lowest BCUT2D eigenvalue weighted by molar-refractivity contribution is -0.138. The zero-order chi connectivity index (χ0) is 32.5. The van der Waals surface area contributed by atoms with Gasteiger partial charge in [-0.3, -0.25) is 19.2 Å². The molecule has 6 N–H and O–H groups in total. The fourth-order valence-corrected chi connectivity index (χ4v) is 7.70. The second-order valence-corrected chi connectivity index (χ2v) is 13.3. The summed E-state index contributed by atoms with van der Waals surface area (Å²) in [6, 6.07) is -0.231. The molecule has 5 atom stereocenters. The monoisotopic (exact) mass is 626 g/mol. The number of hydrogen-bond donors (Lipinski definition) is 7. The molecule has 0 aromatic carbocycles. The molecule has 11 heteroatoms. The minimum absolute atomic E-state index is 0.0171. The lowest BCUT2D eigenvalue weighted by atomic mass is 9.86. The predicted molar refractivity (Wildman–Crippen MR) is 171 cm³/mol. The van der Waals surface area contributed by atoms with E-state index in [1.165, 1.54) is 0 Å². The summed E-state index contributed by atoms with van der Waals surface area (Å²) in [5, 5.41) is 25.2. The van der Waals surface area contributed by atoms with E-state index < -0.39 is 11.9 Å². The van der Waals surface area contributed by atoms with Gasteiger partial charge in [-0.05, 0) is 67.9 Å². The Bertz CT molecular complexity index is 1490. The van der Waals surface area contributed by atoms with Gasteiger partial charge in [0.1, 0.15) is 0 Å². The second kappa shape index (κ2) is 13.7. The van der Waals surface area contributed by atoms with E-state index in [0.29, 0.717) is 38.5 Å². The van der Waals surface area contributed by atoms with E-state index in [1.807, 2.05) is 41.5 Å². The van der Waals surface area contributed by atoms with Crippen molar-refractivity contribution in [3.8, 4) is 0 Å². The van der Waals surface area contributed by atoms with E-state index in [9.17, 15) is 29.4 Å². The summed E-state index contributed by atoms with van der Waals surface area (Å²) >= 11 is 4.67. The van der Waals surface area contributed by atoms with Crippen LogP contribution in [0.5, 0.6) is 0 Å². The number of carboxylic acid groups (broad SMARTS) is 2. The Morgan fingerprint density at radius 3 is 1.84 bits per heavy atom. The summed E-state index contributed by atoms with van der Waals surface area (Å²) in [7, 11) is 0. The molecule has 1 saturated heterocycles. The van der Waals surface area contributed by atoms with Gasteiger partial charge >= 0.3 is 11.9 Å². The van der Waals surface area contributed by atoms with Crippen LogP contribution < -0.4 is 10.6 Å². The molecule has 2 aromatic heterocycles. The average Bonchev–Trinajstić information content (AvgIpc) is 3.59. The largest absolute Gasteiger partial charge is 0.481 e. The first-order valence-corrected chi connectivity index (χ1v) is 16.1. The Morgan fingerprint density at radius 2 is 1.39 bits per heavy atom. The first-order chi connectivity index (χ1) is 20.7. The average molecular weight is 627 g/mol. The van der Waals surface area contributed by atoms with Crippen molar-refractivity contribution in [1.82, 2.24) is 20.6 Å². The van der Waals surface area contributed by atoms with Gasteiger partial charge in [0.25, 0.3) is 0 Å². The first-order valence-electron chi connectivity index (χ1n) is 15.5. The number of aromatic nitrogens is 2. The standard InChI is InChI=1S/C33H46N4O6S/c1-7-20-15(2)25(36-33(20)43)12-23-16(3)21(8-10-29(38)39)26(34-23)14-27-22(9-11-30(40)41)17(4)24(35-27)13-28-31(19(6)44)18(5)32(42)37-28/h18-19,25,28,31,34-35,44H,7-14H2,1-6H3,(H,36,43)(H,37,42)(H,38,39)(H,40,41)/t18-,19+,25-,28+,31+/m1/s1. The molecule has 0 spiro atoms. The molecule has 2 amide bonds. The number of nitrogens with one attached hydrogen (secondary N) is 4. The number of aliphatic carboxylic acids is 2. The molecule has 1 fully saturated rings. The van der Waals surface area contributed by atoms with Crippen LogP contribution in [0.15, 0.2) is 11.1 Å². The quantitative estimate of drug-likeness (QED) is 0.157. The van der Waals surface area contributed by atoms with Crippen molar-refractivity contribution in [3.63, 3.8) is 0 Å². The zero-order valence-electron chi connectivity index (χ0n) is 26.5. The summed E-state index contributed by atoms with van der Waals surface area (Å²) in [4.78, 5) is 55.3. The SMILES string of the molecule is CCC1=C(C)[C@@H](Cc2[nH]c(Cc3[nH]c(C[C@@H]4NC(=O)[C@H](C)[C@H]4[C@H](C)S)c(C)c3CCC(=O)O)c(CCC(=O)O)c2C)NC1=O. The van der Waals surface area contributed by atoms with Crippen LogP contribution in [0.4, 0.5) is 0 Å². The highest BCUT2D eigenvalue weighted by molar-refractivity contribution is 7.80. The maximum absolute atomic E-state index is 12.6. The third-order valence-electron chi connectivity index (χ3n) is 9.78. The van der Waals surface area contributed by atoms with E-state index >= 15 is 0 Å². The van der Waals surface area contributed by atoms with Gasteiger partial charge in [-0.15, -0.1) is 0 Å². The van der Waals surface area contributed by atoms with Crippen LogP contribution >= 0.6 is 12.6 Å². The van der Waals surface area contributed by atoms with Gasteiger partial charge in [0.15, 0.2) is 0 Å². The maximum Gasteiger partial charge on any atom is 0.303 e. The van der Waals surface area contributed by atoms with Gasteiger partial charge in [-0.25, -0.2) is 0 Å². The van der Waals surface area contributed by atoms with E-state index in [-0.39, 0.29) is 53.8 Å². The molecule has 0 bridgehead atoms. The highest BCUT2D eigenvalue weighted by Crippen LogP contribution is 2.34. The topological polar surface area (TPSA) is 164 Å². The number of aromatic amines is 2. The third kappa shape index (κ3) is 6.92. The highest BCUT2D eigenvalue weighted by atomic mass is 32.1. The molecule has 2 aromatic rings. The van der Waals surface area contributed by atoms with E-state index in [0.717, 1.165) is 56.2 Å². The van der Waals surface area contributed by atoms with Gasteiger partial charge in [0, 0.05) is 83.6 Å². The molecular formula is C33H46N4O6S. The van der Waals surface area contributed by atoms with Crippen molar-refractivity contribution in [2.75, 3.05) is 0 Å². The number of rotatable bonds is 14. The van der Waals surface area contributed by atoms with E-state index in [4.69, 9.17) is 0 Å². The summed E-state index contributed by atoms with van der Waals surface area (Å²) < 4.78 is 0. The highest BCUT2D eigenvalue weighted by Gasteiger charge is 2.41. The number of carboxylic acids is 2. The van der Waals surface area contributed by atoms with Gasteiger partial charge in [-0.1, -0.05) is 20.8 Å². The molecule has 44 heavy (non-hydrogen) atoms. The van der Waals surface area contributed by atoms with Gasteiger partial charge in [0.05, 0.1) is 6.04 Å². The summed E-state index contributed by atoms with van der Waals surface area (Å²) in [5.41, 5.74) is 9.35. The number of hydrogen-bond acceptors (Lipinski definition) is 5. The number of carbonyl (C=O) groups excluding carboxylic acids is 2. The Kier molecular flexibility index (Phi) is 10.4. The molecule has 2 aliphatic rings. The number of amides is 2. The third-order valence-corrected chi connectivity index (χ3v) is 10.1. The Balaban J connectivity index is 1.70. The molecule has 240 valence electrons. The van der Waals surface area contributed by atoms with Crippen molar-refractivity contribution in [3.05, 3.63) is 56.2 Å². The van der Waals surface area contributed by atoms with Crippen molar-refractivity contribution in [1.29, 1.82) is 0 Å². The van der Waals surface area contributed by atoms with Crippen LogP contribution in [0.25, 0.3) is 0 Å². The van der Waals surface area contributed by atoms with Crippen LogP contribution in [0, 0.1) is 25.7 Å². The van der Waals surface area contributed by atoms with Crippen LogP contribution in [0.3, 0.4) is 0 Å². The Hall–Kier alpha value is -3.47. The van der Waals surface area contributed by atoms with Gasteiger partial charge < -0.3 is 30.8 Å². The van der Waals surface area contributed by atoms with Crippen molar-refractivity contribution >= 4 is 36.4 Å². The van der Waals surface area contributed by atoms with Crippen LogP contribution in [0.2, 0.25) is 0 Å². The smallest absolute Gasteiger partial charge is 0.303 e. The van der Waals surface area contributed by atoms with Crippen molar-refractivity contribution in [2.45, 2.75) is 110 Å². The number of thiol groups is 1. The molecule has 10 nitrogen and oxygen atoms in total. The fraction of sp³-hybridized carbons (Fsp3) is 0.576. The van der Waals surface area contributed by atoms with Crippen molar-refractivity contribution < 1.29 is 29.4 Å². The number of carbonyl (C=O) groups is 4. The first kappa shape index (κ1) is 33.4. The molecule has 4 heterocycles. The number of H-pyrrole nitrogens is 2. The van der Waals surface area contributed by atoms with Crippen LogP contribution in [-0.4, -0.2) is 61.3 Å². The Labute approximate surface area is 264 Å². The van der Waals surface area contributed by atoms with E-state index in [2.05, 4.69) is 33.2 Å². The molecule has 0 aliphatic carbocycles. The van der Waals surface area contributed by atoms with Crippen molar-refractivity contribution in [2.24, 2.45) is 11.8 Å². The molecule has 2 aliphatic heterocycles. The van der Waals surface area contributed by atoms with Crippen LogP contribution in [0.1, 0.15) is 92.0 Å². The van der Waals surface area contributed by atoms with E-state index in [1.54, 1.807) is 0 Å². The minimum atomic E-state index is -0.882. The molecule has 0 saturated carbocycles. The summed E-state index contributed by atoms with van der Waals surface area (Å²) in [6.07, 6.45) is 2.91. The Morgan fingerprint density at radius 1 is 0.864 bits per heavy atom. The lowest BCUT2D eigenvalue weighted by Gasteiger charge is -2.24. The molecule has 0 radical (unpaired) electrons. The van der Waals surface area contributed by atoms with Crippen LogP contribution in [-0.2, 0) is 51.3 Å². The second-order valence-electron chi connectivity index (χ2n) is 12.5. The zero-order valence-corrected chi connectivity index (χ0v) is 27.4. The summed E-state index contributed by atoms with van der Waals surface area (Å²) in [6.45, 7) is 11.9. The normalized spacial score (nSPS) is 22.4. The predicted octanol–water partition coefficient (Wildman–Crippen LogP) is 3.96. The summed E-state index contributed by atoms with van der Waals surface area (Å²) in [5.74, 6) is -1.88. The minimum Gasteiger partial charge on any atom is -0.481 e. The fourth-order valence-electron chi connectivity index (χ4n) is 7.23.